The summed E-state index contributed by atoms with van der Waals surface area (Å²) in [6.45, 7) is 0.836. The third-order valence-corrected chi connectivity index (χ3v) is 9.70. The Labute approximate surface area is 240 Å². The third-order valence-electron chi connectivity index (χ3n) is 7.08. The summed E-state index contributed by atoms with van der Waals surface area (Å²) in [7, 11) is -0.716. The molecule has 1 aromatic carbocycles. The minimum Gasteiger partial charge on any atom is -0.390 e. The first-order chi connectivity index (χ1) is 18.6. The first-order valence-corrected chi connectivity index (χ1v) is 15.2. The predicted molar refractivity (Wildman–Crippen MR) is 150 cm³/mol. The number of aromatic nitrogens is 2. The lowest BCUT2D eigenvalue weighted by Gasteiger charge is -2.34. The van der Waals surface area contributed by atoms with Gasteiger partial charge in [0, 0.05) is 36.4 Å². The molecule has 3 heterocycles. The monoisotopic (exact) mass is 611 g/mol. The van der Waals surface area contributed by atoms with Crippen LogP contribution in [0.5, 0.6) is 0 Å². The topological polar surface area (TPSA) is 134 Å². The zero-order chi connectivity index (χ0) is 27.9. The zero-order valence-electron chi connectivity index (χ0n) is 21.1. The smallest absolute Gasteiger partial charge is 0.335 e. The molecule has 1 fully saturated rings. The number of ketones is 1. The van der Waals surface area contributed by atoms with E-state index in [0.29, 0.717) is 14.2 Å². The second-order valence-corrected chi connectivity index (χ2v) is 13.2. The number of carbonyl (C=O) groups excluding carboxylic acids is 1. The fourth-order valence-electron chi connectivity index (χ4n) is 5.14. The molecule has 1 aliphatic carbocycles. The van der Waals surface area contributed by atoms with Crippen molar-refractivity contribution in [2.45, 2.75) is 43.6 Å². The fourth-order valence-corrected chi connectivity index (χ4v) is 7.23. The summed E-state index contributed by atoms with van der Waals surface area (Å²) in [6.07, 6.45) is 2.12. The zero-order valence-corrected chi connectivity index (χ0v) is 24.2. The summed E-state index contributed by atoms with van der Waals surface area (Å²) in [5, 5.41) is 14.1. The van der Waals surface area contributed by atoms with Crippen LogP contribution in [0.1, 0.15) is 50.8 Å². The van der Waals surface area contributed by atoms with E-state index >= 15 is 0 Å². The van der Waals surface area contributed by atoms with Crippen LogP contribution in [-0.4, -0.2) is 73.1 Å². The largest absolute Gasteiger partial charge is 0.390 e. The summed E-state index contributed by atoms with van der Waals surface area (Å²) in [4.78, 5) is 24.6. The minimum absolute atomic E-state index is 0.145. The number of halogens is 2. The Morgan fingerprint density at radius 1 is 1.23 bits per heavy atom. The van der Waals surface area contributed by atoms with Crippen molar-refractivity contribution in [1.29, 1.82) is 0 Å². The highest BCUT2D eigenvalue weighted by Crippen LogP contribution is 2.42. The van der Waals surface area contributed by atoms with Gasteiger partial charge in [-0.15, -0.1) is 11.3 Å². The van der Waals surface area contributed by atoms with Crippen LogP contribution >= 0.6 is 34.5 Å². The van der Waals surface area contributed by atoms with E-state index in [4.69, 9.17) is 27.4 Å². The Morgan fingerprint density at radius 3 is 2.79 bits per heavy atom. The molecule has 1 aliphatic heterocycles. The molecule has 2 aliphatic rings. The van der Waals surface area contributed by atoms with Crippen molar-refractivity contribution in [3.05, 3.63) is 73.3 Å². The van der Waals surface area contributed by atoms with Gasteiger partial charge in [-0.25, -0.2) is 9.97 Å². The molecule has 0 amide bonds. The number of aliphatic hydroxyl groups is 1. The number of fused-ring (bicyclic) bond motifs is 1. The van der Waals surface area contributed by atoms with Gasteiger partial charge in [-0.3, -0.25) is 13.9 Å². The van der Waals surface area contributed by atoms with Crippen LogP contribution in [-0.2, 0) is 20.9 Å². The van der Waals surface area contributed by atoms with Crippen LogP contribution in [0, 0.1) is 0 Å². The Bertz CT molecular complexity index is 1500. The number of anilines is 1. The van der Waals surface area contributed by atoms with E-state index in [1.807, 2.05) is 31.3 Å². The molecule has 0 radical (unpaired) electrons. The molecule has 0 spiro atoms. The van der Waals surface area contributed by atoms with Crippen molar-refractivity contribution in [2.24, 2.45) is 0 Å². The van der Waals surface area contributed by atoms with Gasteiger partial charge in [0.25, 0.3) is 0 Å². The number of benzene rings is 1. The van der Waals surface area contributed by atoms with E-state index < -0.39 is 22.5 Å². The standard InChI is InChI=1S/C25H27Cl2N5O5S2/c1-28-39(35,36)37-20-9-15(8-19(20)33)31-25-18(11-29-12-30-25)23(34)21-10-17(24(27)38-21)22-16-7-14(26)4-3-13(16)5-6-32(22)2/h3-4,7,10-12,15,19-20,22,28,33H,5-6,8-9H2,1-2H3,(H,29,30,31)/t15-,19+,20-,22+/m1/s1. The summed E-state index contributed by atoms with van der Waals surface area (Å²) >= 11 is 14.2. The quantitative estimate of drug-likeness (QED) is 0.327. The predicted octanol–water partition coefficient (Wildman–Crippen LogP) is 3.44. The second-order valence-electron chi connectivity index (χ2n) is 9.60. The number of thiophene rings is 1. The number of hydrogen-bond donors (Lipinski definition) is 3. The maximum Gasteiger partial charge on any atom is 0.335 e. The molecule has 0 unspecified atom stereocenters. The number of aliphatic hydroxyl groups excluding tert-OH is 1. The molecule has 4 atom stereocenters. The minimum atomic E-state index is -3.97. The number of hydrogen-bond acceptors (Lipinski definition) is 10. The summed E-state index contributed by atoms with van der Waals surface area (Å²) in [5.41, 5.74) is 3.33. The molecule has 39 heavy (non-hydrogen) atoms. The average molecular weight is 613 g/mol. The summed E-state index contributed by atoms with van der Waals surface area (Å²) in [5.74, 6) is -0.0209. The lowest BCUT2D eigenvalue weighted by molar-refractivity contribution is 0.0636. The molecule has 2 aromatic heterocycles. The summed E-state index contributed by atoms with van der Waals surface area (Å²) in [6, 6.07) is 7.16. The van der Waals surface area contributed by atoms with Gasteiger partial charge in [-0.1, -0.05) is 29.3 Å². The van der Waals surface area contributed by atoms with E-state index in [2.05, 4.69) is 24.9 Å². The first-order valence-electron chi connectivity index (χ1n) is 12.2. The average Bonchev–Trinajstić information content (AvgIpc) is 3.44. The highest BCUT2D eigenvalue weighted by molar-refractivity contribution is 7.84. The number of nitrogens with zero attached hydrogens (tertiary/aromatic N) is 3. The molecule has 208 valence electrons. The van der Waals surface area contributed by atoms with Gasteiger partial charge in [-0.2, -0.15) is 13.1 Å². The molecular weight excluding hydrogens is 585 g/mol. The van der Waals surface area contributed by atoms with Gasteiger partial charge in [0.2, 0.25) is 5.78 Å². The van der Waals surface area contributed by atoms with Crippen LogP contribution < -0.4 is 10.0 Å². The normalized spacial score (nSPS) is 23.5. The number of rotatable bonds is 8. The molecule has 1 saturated carbocycles. The van der Waals surface area contributed by atoms with E-state index in [-0.39, 0.29) is 42.1 Å². The van der Waals surface area contributed by atoms with Crippen molar-refractivity contribution < 1.29 is 22.5 Å². The Kier molecular flexibility index (Phi) is 8.28. The number of carbonyl (C=O) groups is 1. The van der Waals surface area contributed by atoms with Crippen LogP contribution in [0.2, 0.25) is 9.36 Å². The van der Waals surface area contributed by atoms with Gasteiger partial charge in [0.15, 0.2) is 0 Å². The molecular formula is C25H27Cl2N5O5S2. The van der Waals surface area contributed by atoms with Gasteiger partial charge in [0.05, 0.1) is 26.9 Å². The highest BCUT2D eigenvalue weighted by atomic mass is 35.5. The van der Waals surface area contributed by atoms with Crippen LogP contribution in [0.3, 0.4) is 0 Å². The molecule has 0 saturated heterocycles. The third kappa shape index (κ3) is 5.98. The van der Waals surface area contributed by atoms with E-state index in [1.54, 1.807) is 0 Å². The van der Waals surface area contributed by atoms with Gasteiger partial charge in [-0.05, 0) is 55.6 Å². The molecule has 10 nitrogen and oxygen atoms in total. The van der Waals surface area contributed by atoms with Crippen molar-refractivity contribution in [2.75, 3.05) is 26.0 Å². The van der Waals surface area contributed by atoms with Crippen LogP contribution in [0.25, 0.3) is 0 Å². The van der Waals surface area contributed by atoms with Gasteiger partial charge in [0.1, 0.15) is 18.2 Å². The van der Waals surface area contributed by atoms with E-state index in [0.717, 1.165) is 24.1 Å². The first kappa shape index (κ1) is 28.4. The van der Waals surface area contributed by atoms with Crippen molar-refractivity contribution in [1.82, 2.24) is 19.6 Å². The number of likely N-dealkylation sites (N-methyl/N-ethyl adjacent to an activating group) is 1. The van der Waals surface area contributed by atoms with E-state index in [9.17, 15) is 18.3 Å². The van der Waals surface area contributed by atoms with Gasteiger partial charge >= 0.3 is 10.3 Å². The second kappa shape index (κ2) is 11.4. The van der Waals surface area contributed by atoms with Crippen molar-refractivity contribution in [3.8, 4) is 0 Å². The number of nitrogens with one attached hydrogen (secondary N) is 2. The van der Waals surface area contributed by atoms with E-state index in [1.165, 1.54) is 36.5 Å². The highest BCUT2D eigenvalue weighted by Gasteiger charge is 2.37. The SMILES string of the molecule is CNS(=O)(=O)O[C@@H]1C[C@H](Nc2ncncc2C(=O)c2cc([C@@H]3c4cc(Cl)ccc4CCN3C)c(Cl)s2)C[C@@H]1O. The molecule has 3 N–H and O–H groups in total. The molecule has 14 heteroatoms. The molecule has 0 bridgehead atoms. The molecule has 3 aromatic rings. The van der Waals surface area contributed by atoms with Crippen LogP contribution in [0.4, 0.5) is 5.82 Å². The molecule has 5 rings (SSSR count). The Morgan fingerprint density at radius 2 is 2.03 bits per heavy atom. The Balaban J connectivity index is 1.39. The van der Waals surface area contributed by atoms with Crippen molar-refractivity contribution >= 4 is 56.4 Å². The maximum absolute atomic E-state index is 13.7. The summed E-state index contributed by atoms with van der Waals surface area (Å²) < 4.78 is 31.2. The maximum atomic E-state index is 13.7. The fraction of sp³-hybridized carbons (Fsp3) is 0.400. The van der Waals surface area contributed by atoms with Crippen molar-refractivity contribution in [3.63, 3.8) is 0 Å². The Hall–Kier alpha value is -2.16. The van der Waals surface area contributed by atoms with Crippen LogP contribution in [0.15, 0.2) is 36.8 Å². The lowest BCUT2D eigenvalue weighted by Crippen LogP contribution is -2.32. The van der Waals surface area contributed by atoms with Gasteiger partial charge < -0.3 is 10.4 Å². The lowest BCUT2D eigenvalue weighted by atomic mass is 9.89.